The second-order valence-electron chi connectivity index (χ2n) is 2.24. The van der Waals surface area contributed by atoms with E-state index in [9.17, 15) is 0 Å². The van der Waals surface area contributed by atoms with E-state index < -0.39 is 0 Å². The van der Waals surface area contributed by atoms with Crippen molar-refractivity contribution < 1.29 is 0 Å². The molecule has 0 bridgehead atoms. The van der Waals surface area contributed by atoms with Crippen molar-refractivity contribution in [1.29, 1.82) is 0 Å². The third-order valence-corrected chi connectivity index (χ3v) is 1.51. The van der Waals surface area contributed by atoms with E-state index in [4.69, 9.17) is 0 Å². The number of rotatable bonds is 1. The molecule has 0 saturated carbocycles. The fourth-order valence-electron chi connectivity index (χ4n) is 1.00. The summed E-state index contributed by atoms with van der Waals surface area (Å²) in [6.07, 6.45) is 7.94. The van der Waals surface area contributed by atoms with Crippen LogP contribution in [0.15, 0.2) is 5.57 Å². The zero-order valence-corrected chi connectivity index (χ0v) is 5.83. The van der Waals surface area contributed by atoms with Gasteiger partial charge in [0.1, 0.15) is 0 Å². The van der Waals surface area contributed by atoms with Gasteiger partial charge in [0.05, 0.1) is 0 Å². The predicted octanol–water partition coefficient (Wildman–Crippen LogP) is 2.31. The second-order valence-corrected chi connectivity index (χ2v) is 2.24. The van der Waals surface area contributed by atoms with Crippen molar-refractivity contribution in [3.63, 3.8) is 0 Å². The van der Waals surface area contributed by atoms with Crippen LogP contribution in [0.5, 0.6) is 0 Å². The van der Waals surface area contributed by atoms with E-state index in [1.54, 1.807) is 0 Å². The highest BCUT2D eigenvalue weighted by Crippen LogP contribution is 2.18. The maximum atomic E-state index is 3.31. The monoisotopic (exact) mass is 119 g/mol. The Balaban J connectivity index is 2.32. The standard InChI is InChI=1S/C9H11/c1-2-3-6-9-7-4-5-8-9/h4-7H2,1H3. The summed E-state index contributed by atoms with van der Waals surface area (Å²) in [6.45, 7) is 1.88. The van der Waals surface area contributed by atoms with Gasteiger partial charge in [-0.3, -0.25) is 0 Å². The Hall–Kier alpha value is -0.700. The SMILES string of the molecule is CC#CCC1=[C]CCC1. The minimum absolute atomic E-state index is 0.955. The Labute approximate surface area is 57.0 Å². The first-order valence-electron chi connectivity index (χ1n) is 3.41. The fourth-order valence-corrected chi connectivity index (χ4v) is 1.00. The van der Waals surface area contributed by atoms with Crippen LogP contribution in [0.1, 0.15) is 32.6 Å². The van der Waals surface area contributed by atoms with Crippen LogP contribution in [-0.4, -0.2) is 0 Å². The predicted molar refractivity (Wildman–Crippen MR) is 38.7 cm³/mol. The smallest absolute Gasteiger partial charge is 0.0304 e. The van der Waals surface area contributed by atoms with Crippen LogP contribution in [0, 0.1) is 17.9 Å². The average molecular weight is 119 g/mol. The first-order chi connectivity index (χ1) is 4.43. The molecule has 0 unspecified atom stereocenters. The molecule has 9 heavy (non-hydrogen) atoms. The van der Waals surface area contributed by atoms with Gasteiger partial charge in [0.25, 0.3) is 0 Å². The molecular weight excluding hydrogens is 108 g/mol. The summed E-state index contributed by atoms with van der Waals surface area (Å²) < 4.78 is 0. The molecule has 0 aromatic rings. The van der Waals surface area contributed by atoms with E-state index in [2.05, 4.69) is 17.9 Å². The van der Waals surface area contributed by atoms with Gasteiger partial charge in [-0.1, -0.05) is 11.5 Å². The molecule has 0 atom stereocenters. The van der Waals surface area contributed by atoms with E-state index >= 15 is 0 Å². The van der Waals surface area contributed by atoms with Crippen LogP contribution in [0.3, 0.4) is 0 Å². The third-order valence-electron chi connectivity index (χ3n) is 1.51. The van der Waals surface area contributed by atoms with Gasteiger partial charge in [0.2, 0.25) is 0 Å². The van der Waals surface area contributed by atoms with Crippen molar-refractivity contribution >= 4 is 0 Å². The van der Waals surface area contributed by atoms with E-state index in [1.807, 2.05) is 6.92 Å². The van der Waals surface area contributed by atoms with Crippen LogP contribution in [0.25, 0.3) is 0 Å². The summed E-state index contributed by atoms with van der Waals surface area (Å²) in [5, 5.41) is 0. The van der Waals surface area contributed by atoms with E-state index in [0.717, 1.165) is 12.8 Å². The van der Waals surface area contributed by atoms with Crippen molar-refractivity contribution in [3.8, 4) is 11.8 Å². The van der Waals surface area contributed by atoms with Crippen LogP contribution >= 0.6 is 0 Å². The molecule has 0 saturated heterocycles. The van der Waals surface area contributed by atoms with Crippen molar-refractivity contribution in [3.05, 3.63) is 11.6 Å². The van der Waals surface area contributed by atoms with Crippen molar-refractivity contribution in [2.75, 3.05) is 0 Å². The Kier molecular flexibility index (Phi) is 2.39. The minimum atomic E-state index is 0.955. The number of hydrogen-bond acceptors (Lipinski definition) is 0. The molecule has 1 rings (SSSR count). The van der Waals surface area contributed by atoms with Gasteiger partial charge in [0.15, 0.2) is 0 Å². The minimum Gasteiger partial charge on any atom is -0.106 e. The summed E-state index contributed by atoms with van der Waals surface area (Å²) >= 11 is 0. The molecule has 0 aliphatic heterocycles. The van der Waals surface area contributed by atoms with Gasteiger partial charge in [-0.25, -0.2) is 0 Å². The molecule has 0 N–H and O–H groups in total. The average Bonchev–Trinajstić information content (AvgIpc) is 2.34. The lowest BCUT2D eigenvalue weighted by atomic mass is 10.2. The lowest BCUT2D eigenvalue weighted by molar-refractivity contribution is 0.893. The highest BCUT2D eigenvalue weighted by atomic mass is 14.1. The van der Waals surface area contributed by atoms with Gasteiger partial charge in [-0.05, 0) is 32.3 Å². The maximum absolute atomic E-state index is 3.31. The molecule has 0 aromatic carbocycles. The van der Waals surface area contributed by atoms with Crippen molar-refractivity contribution in [1.82, 2.24) is 0 Å². The molecule has 47 valence electrons. The molecule has 1 radical (unpaired) electrons. The maximum Gasteiger partial charge on any atom is 0.0304 e. The van der Waals surface area contributed by atoms with Gasteiger partial charge in [0, 0.05) is 6.42 Å². The lowest BCUT2D eigenvalue weighted by Crippen LogP contribution is -1.72. The summed E-state index contributed by atoms with van der Waals surface area (Å²) in [6, 6.07) is 0. The van der Waals surface area contributed by atoms with Crippen molar-refractivity contribution in [2.45, 2.75) is 32.6 Å². The zero-order valence-electron chi connectivity index (χ0n) is 5.83. The topological polar surface area (TPSA) is 0 Å². The molecule has 0 heteroatoms. The molecule has 0 nitrogen and oxygen atoms in total. The number of allylic oxidation sites excluding steroid dienone is 2. The normalized spacial score (nSPS) is 16.3. The molecule has 0 aromatic heterocycles. The lowest BCUT2D eigenvalue weighted by Gasteiger charge is -1.88. The summed E-state index contributed by atoms with van der Waals surface area (Å²) in [5.41, 5.74) is 1.42. The van der Waals surface area contributed by atoms with Gasteiger partial charge >= 0.3 is 0 Å². The molecule has 0 heterocycles. The largest absolute Gasteiger partial charge is 0.106 e. The van der Waals surface area contributed by atoms with E-state index in [0.29, 0.717) is 0 Å². The third kappa shape index (κ3) is 1.93. The van der Waals surface area contributed by atoms with Crippen molar-refractivity contribution in [2.24, 2.45) is 0 Å². The number of hydrogen-bond donors (Lipinski definition) is 0. The van der Waals surface area contributed by atoms with Crippen LogP contribution in [-0.2, 0) is 0 Å². The molecule has 1 aliphatic carbocycles. The quantitative estimate of drug-likeness (QED) is 0.465. The fraction of sp³-hybridized carbons (Fsp3) is 0.556. The zero-order chi connectivity index (χ0) is 6.53. The second kappa shape index (κ2) is 3.35. The summed E-state index contributed by atoms with van der Waals surface area (Å²) in [5.74, 6) is 5.92. The van der Waals surface area contributed by atoms with Gasteiger partial charge < -0.3 is 0 Å². The van der Waals surface area contributed by atoms with Crippen LogP contribution in [0.4, 0.5) is 0 Å². The molecule has 0 amide bonds. The Morgan fingerprint density at radius 1 is 1.67 bits per heavy atom. The Morgan fingerprint density at radius 3 is 3.11 bits per heavy atom. The summed E-state index contributed by atoms with van der Waals surface area (Å²) in [7, 11) is 0. The highest BCUT2D eigenvalue weighted by Gasteiger charge is 2.01. The van der Waals surface area contributed by atoms with E-state index in [1.165, 1.54) is 18.4 Å². The summed E-state index contributed by atoms with van der Waals surface area (Å²) in [4.78, 5) is 0. The molecule has 0 fully saturated rings. The van der Waals surface area contributed by atoms with Gasteiger partial charge in [-0.15, -0.1) is 5.92 Å². The Bertz CT molecular complexity index is 164. The van der Waals surface area contributed by atoms with Crippen LogP contribution in [0.2, 0.25) is 0 Å². The van der Waals surface area contributed by atoms with Crippen LogP contribution < -0.4 is 0 Å². The first kappa shape index (κ1) is 6.42. The molecular formula is C9H11. The molecule has 0 spiro atoms. The van der Waals surface area contributed by atoms with Gasteiger partial charge in [-0.2, -0.15) is 0 Å². The first-order valence-corrected chi connectivity index (χ1v) is 3.41. The highest BCUT2D eigenvalue weighted by molar-refractivity contribution is 5.12. The van der Waals surface area contributed by atoms with E-state index in [-0.39, 0.29) is 0 Å². The Morgan fingerprint density at radius 2 is 2.56 bits per heavy atom. The molecule has 1 aliphatic rings.